The first-order chi connectivity index (χ1) is 16.7. The van der Waals surface area contributed by atoms with E-state index in [-0.39, 0.29) is 18.0 Å². The Morgan fingerprint density at radius 1 is 0.794 bits per heavy atom. The maximum absolute atomic E-state index is 12.0. The van der Waals surface area contributed by atoms with Crippen LogP contribution in [0.1, 0.15) is 135 Å². The van der Waals surface area contributed by atoms with Crippen LogP contribution in [0, 0.1) is 0 Å². The van der Waals surface area contributed by atoms with E-state index in [1.165, 1.54) is 96.3 Å². The van der Waals surface area contributed by atoms with E-state index in [0.717, 1.165) is 38.0 Å². The number of unbranched alkanes of at least 4 members (excludes halogenated alkanes) is 16. The molecule has 0 saturated carbocycles. The van der Waals surface area contributed by atoms with Gasteiger partial charge in [-0.3, -0.25) is 4.79 Å². The zero-order valence-electron chi connectivity index (χ0n) is 22.0. The lowest BCUT2D eigenvalue weighted by Crippen LogP contribution is -2.36. The number of amides is 3. The molecule has 34 heavy (non-hydrogen) atoms. The van der Waals surface area contributed by atoms with Crippen LogP contribution in [0.5, 0.6) is 0 Å². The van der Waals surface area contributed by atoms with E-state index >= 15 is 0 Å². The van der Waals surface area contributed by atoms with Gasteiger partial charge in [0.05, 0.1) is 12.1 Å². The molecule has 0 spiro atoms. The van der Waals surface area contributed by atoms with Gasteiger partial charge in [-0.2, -0.15) is 11.8 Å². The smallest absolute Gasteiger partial charge is 0.315 e. The first-order valence-electron chi connectivity index (χ1n) is 14.7. The van der Waals surface area contributed by atoms with Crippen molar-refractivity contribution in [2.45, 2.75) is 153 Å². The molecule has 2 aliphatic rings. The molecule has 198 valence electrons. The van der Waals surface area contributed by atoms with E-state index in [0.29, 0.717) is 17.7 Å². The van der Waals surface area contributed by atoms with Crippen molar-refractivity contribution < 1.29 is 9.59 Å². The Morgan fingerprint density at radius 2 is 1.35 bits per heavy atom. The van der Waals surface area contributed by atoms with E-state index in [1.54, 1.807) is 0 Å². The quantitative estimate of drug-likeness (QED) is 0.111. The van der Waals surface area contributed by atoms with E-state index in [9.17, 15) is 9.59 Å². The number of thioether (sulfide) groups is 1. The van der Waals surface area contributed by atoms with Gasteiger partial charge in [0.1, 0.15) is 0 Å². The SMILES string of the molecule is CCCCCCCCCCCCCCCCCCNC(=O)CCCCC1SC[C@@H]2NC(=O)N[C@H]12. The minimum atomic E-state index is -0.0197. The summed E-state index contributed by atoms with van der Waals surface area (Å²) in [6, 6.07) is 0.556. The van der Waals surface area contributed by atoms with E-state index in [2.05, 4.69) is 22.9 Å². The highest BCUT2D eigenvalue weighted by Crippen LogP contribution is 2.33. The molecule has 6 heteroatoms. The molecule has 0 aliphatic carbocycles. The number of carbonyl (C=O) groups excluding carboxylic acids is 2. The molecule has 0 aromatic carbocycles. The predicted molar refractivity (Wildman–Crippen MR) is 147 cm³/mol. The van der Waals surface area contributed by atoms with Crippen LogP contribution in [0.4, 0.5) is 4.79 Å². The normalized spacial score (nSPS) is 21.3. The molecule has 2 rings (SSSR count). The monoisotopic (exact) mass is 495 g/mol. The van der Waals surface area contributed by atoms with Crippen LogP contribution in [-0.4, -0.2) is 41.6 Å². The highest BCUT2D eigenvalue weighted by Gasteiger charge is 2.42. The van der Waals surface area contributed by atoms with Gasteiger partial charge in [-0.05, 0) is 19.3 Å². The highest BCUT2D eigenvalue weighted by molar-refractivity contribution is 8.00. The summed E-state index contributed by atoms with van der Waals surface area (Å²) in [6.45, 7) is 3.12. The van der Waals surface area contributed by atoms with Gasteiger partial charge < -0.3 is 16.0 Å². The summed E-state index contributed by atoms with van der Waals surface area (Å²) in [5, 5.41) is 9.61. The number of carbonyl (C=O) groups is 2. The van der Waals surface area contributed by atoms with Crippen LogP contribution >= 0.6 is 11.8 Å². The third-order valence-corrected chi connectivity index (χ3v) is 8.94. The van der Waals surface area contributed by atoms with Gasteiger partial charge in [0.25, 0.3) is 0 Å². The van der Waals surface area contributed by atoms with Crippen LogP contribution in [-0.2, 0) is 4.79 Å². The van der Waals surface area contributed by atoms with Crippen molar-refractivity contribution in [2.75, 3.05) is 12.3 Å². The number of hydrogen-bond acceptors (Lipinski definition) is 3. The molecule has 2 aliphatic heterocycles. The average molecular weight is 496 g/mol. The van der Waals surface area contributed by atoms with Crippen LogP contribution < -0.4 is 16.0 Å². The van der Waals surface area contributed by atoms with E-state index < -0.39 is 0 Å². The first kappa shape index (κ1) is 29.3. The molecule has 5 nitrogen and oxygen atoms in total. The van der Waals surface area contributed by atoms with Gasteiger partial charge >= 0.3 is 6.03 Å². The van der Waals surface area contributed by atoms with Gasteiger partial charge in [-0.1, -0.05) is 110 Å². The molecule has 2 saturated heterocycles. The molecule has 1 unspecified atom stereocenters. The third kappa shape index (κ3) is 13.3. The molecule has 2 fully saturated rings. The fourth-order valence-electron chi connectivity index (χ4n) is 5.26. The largest absolute Gasteiger partial charge is 0.356 e. The Hall–Kier alpha value is -0.910. The Kier molecular flexibility index (Phi) is 16.6. The summed E-state index contributed by atoms with van der Waals surface area (Å²) in [7, 11) is 0. The van der Waals surface area contributed by atoms with Gasteiger partial charge in [-0.15, -0.1) is 0 Å². The van der Waals surface area contributed by atoms with Gasteiger partial charge in [-0.25, -0.2) is 4.79 Å². The molecule has 0 bridgehead atoms. The maximum atomic E-state index is 12.0. The molecule has 3 N–H and O–H groups in total. The second kappa shape index (κ2) is 19.3. The third-order valence-electron chi connectivity index (χ3n) is 7.43. The van der Waals surface area contributed by atoms with Crippen molar-refractivity contribution in [3.63, 3.8) is 0 Å². The molecular weight excluding hydrogens is 442 g/mol. The summed E-state index contributed by atoms with van der Waals surface area (Å²) >= 11 is 1.95. The van der Waals surface area contributed by atoms with Crippen molar-refractivity contribution in [1.29, 1.82) is 0 Å². The molecule has 2 heterocycles. The Bertz CT molecular complexity index is 546. The van der Waals surface area contributed by atoms with Crippen LogP contribution in [0.15, 0.2) is 0 Å². The van der Waals surface area contributed by atoms with Gasteiger partial charge in [0, 0.05) is 24.0 Å². The Labute approximate surface area is 214 Å². The number of hydrogen-bond donors (Lipinski definition) is 3. The minimum absolute atomic E-state index is 0.0197. The van der Waals surface area contributed by atoms with Crippen LogP contribution in [0.25, 0.3) is 0 Å². The molecule has 3 amide bonds. The number of urea groups is 1. The van der Waals surface area contributed by atoms with Crippen molar-refractivity contribution >= 4 is 23.7 Å². The van der Waals surface area contributed by atoms with Crippen molar-refractivity contribution in [2.24, 2.45) is 0 Å². The second-order valence-corrected chi connectivity index (χ2v) is 11.8. The fraction of sp³-hybridized carbons (Fsp3) is 0.929. The van der Waals surface area contributed by atoms with Crippen molar-refractivity contribution in [3.8, 4) is 0 Å². The number of fused-ring (bicyclic) bond motifs is 1. The minimum Gasteiger partial charge on any atom is -0.356 e. The summed E-state index contributed by atoms with van der Waals surface area (Å²) in [5.74, 6) is 1.21. The average Bonchev–Trinajstić information content (AvgIpc) is 3.38. The Balaban J connectivity index is 1.26. The van der Waals surface area contributed by atoms with Crippen molar-refractivity contribution in [3.05, 3.63) is 0 Å². The zero-order chi connectivity index (χ0) is 24.3. The molecular formula is C28H53N3O2S. The first-order valence-corrected chi connectivity index (χ1v) is 15.7. The molecule has 3 atom stereocenters. The zero-order valence-corrected chi connectivity index (χ0v) is 22.8. The Morgan fingerprint density at radius 3 is 1.94 bits per heavy atom. The number of nitrogens with one attached hydrogen (secondary N) is 3. The molecule has 0 radical (unpaired) electrons. The lowest BCUT2D eigenvalue weighted by molar-refractivity contribution is -0.121. The maximum Gasteiger partial charge on any atom is 0.315 e. The summed E-state index contributed by atoms with van der Waals surface area (Å²) < 4.78 is 0. The van der Waals surface area contributed by atoms with Gasteiger partial charge in [0.2, 0.25) is 5.91 Å². The van der Waals surface area contributed by atoms with Crippen molar-refractivity contribution in [1.82, 2.24) is 16.0 Å². The van der Waals surface area contributed by atoms with Gasteiger partial charge in [0.15, 0.2) is 0 Å². The standard InChI is InChI=1S/C28H53N3O2S/c1-2-3-4-5-6-7-8-9-10-11-12-13-14-15-16-19-22-29-26(32)21-18-17-20-25-27-24(23-34-25)30-28(33)31-27/h24-25,27H,2-23H2,1H3,(H,29,32)(H2,30,31,33)/t24-,25?,27-/m0/s1. The predicted octanol–water partition coefficient (Wildman–Crippen LogP) is 7.09. The lowest BCUT2D eigenvalue weighted by Gasteiger charge is -2.16. The fourth-order valence-corrected chi connectivity index (χ4v) is 6.81. The van der Waals surface area contributed by atoms with E-state index in [4.69, 9.17) is 0 Å². The summed E-state index contributed by atoms with van der Waals surface area (Å²) in [4.78, 5) is 23.5. The molecule has 0 aromatic heterocycles. The summed E-state index contributed by atoms with van der Waals surface area (Å²) in [5.41, 5.74) is 0. The van der Waals surface area contributed by atoms with Crippen LogP contribution in [0.2, 0.25) is 0 Å². The van der Waals surface area contributed by atoms with Crippen LogP contribution in [0.3, 0.4) is 0 Å². The van der Waals surface area contributed by atoms with E-state index in [1.807, 2.05) is 11.8 Å². The molecule has 0 aromatic rings. The lowest BCUT2D eigenvalue weighted by atomic mass is 10.0. The second-order valence-electron chi connectivity index (χ2n) is 10.5. The number of rotatable bonds is 22. The highest BCUT2D eigenvalue weighted by atomic mass is 32.2. The topological polar surface area (TPSA) is 70.2 Å². The summed E-state index contributed by atoms with van der Waals surface area (Å²) in [6.07, 6.45) is 25.7.